The van der Waals surface area contributed by atoms with E-state index < -0.39 is 0 Å². The van der Waals surface area contributed by atoms with E-state index >= 15 is 0 Å². The molecule has 0 saturated heterocycles. The Morgan fingerprint density at radius 2 is 1.90 bits per heavy atom. The molecule has 0 aliphatic rings. The summed E-state index contributed by atoms with van der Waals surface area (Å²) in [6.45, 7) is 4.72. The molecule has 0 fully saturated rings. The highest BCUT2D eigenvalue weighted by Gasteiger charge is 2.07. The molecule has 2 aromatic carbocycles. The van der Waals surface area contributed by atoms with Gasteiger partial charge in [-0.15, -0.1) is 0 Å². The SMILES string of the molecule is CCCOc1ccc(NC(=O)c2cc(C)cc(Br)c2)cc1. The van der Waals surface area contributed by atoms with Crippen molar-refractivity contribution in [3.8, 4) is 5.75 Å². The van der Waals surface area contributed by atoms with Crippen LogP contribution in [0.2, 0.25) is 0 Å². The molecule has 1 amide bonds. The number of benzene rings is 2. The van der Waals surface area contributed by atoms with Crippen molar-refractivity contribution >= 4 is 27.5 Å². The quantitative estimate of drug-likeness (QED) is 0.843. The average molecular weight is 348 g/mol. The minimum atomic E-state index is -0.123. The lowest BCUT2D eigenvalue weighted by molar-refractivity contribution is 0.102. The molecule has 110 valence electrons. The van der Waals surface area contributed by atoms with Gasteiger partial charge in [0.2, 0.25) is 0 Å². The number of hydrogen-bond acceptors (Lipinski definition) is 2. The first kappa shape index (κ1) is 15.6. The lowest BCUT2D eigenvalue weighted by Gasteiger charge is -2.08. The van der Waals surface area contributed by atoms with Gasteiger partial charge in [0.15, 0.2) is 0 Å². The number of carbonyl (C=O) groups excluding carboxylic acids is 1. The van der Waals surface area contributed by atoms with Crippen LogP contribution in [-0.2, 0) is 0 Å². The Morgan fingerprint density at radius 3 is 2.52 bits per heavy atom. The maximum atomic E-state index is 12.2. The van der Waals surface area contributed by atoms with Crippen molar-refractivity contribution in [2.24, 2.45) is 0 Å². The van der Waals surface area contributed by atoms with E-state index in [2.05, 4.69) is 28.2 Å². The normalized spacial score (nSPS) is 10.2. The Bertz CT molecular complexity index is 603. The van der Waals surface area contributed by atoms with Crippen LogP contribution in [0.25, 0.3) is 0 Å². The van der Waals surface area contributed by atoms with Crippen LogP contribution in [0.4, 0.5) is 5.69 Å². The summed E-state index contributed by atoms with van der Waals surface area (Å²) >= 11 is 3.40. The molecule has 0 aliphatic carbocycles. The summed E-state index contributed by atoms with van der Waals surface area (Å²) in [4.78, 5) is 12.2. The Labute approximate surface area is 133 Å². The van der Waals surface area contributed by atoms with Gasteiger partial charge < -0.3 is 10.1 Å². The molecule has 0 radical (unpaired) electrons. The van der Waals surface area contributed by atoms with Crippen molar-refractivity contribution in [1.29, 1.82) is 0 Å². The molecule has 3 nitrogen and oxygen atoms in total. The third-order valence-corrected chi connectivity index (χ3v) is 3.35. The van der Waals surface area contributed by atoms with Gasteiger partial charge in [0.1, 0.15) is 5.75 Å². The number of amides is 1. The van der Waals surface area contributed by atoms with E-state index in [0.29, 0.717) is 12.2 Å². The Kier molecular flexibility index (Phi) is 5.39. The van der Waals surface area contributed by atoms with Crippen molar-refractivity contribution in [3.63, 3.8) is 0 Å². The molecular weight excluding hydrogens is 330 g/mol. The first-order valence-corrected chi connectivity index (χ1v) is 7.69. The highest BCUT2D eigenvalue weighted by atomic mass is 79.9. The first-order valence-electron chi connectivity index (χ1n) is 6.90. The van der Waals surface area contributed by atoms with Crippen LogP contribution >= 0.6 is 15.9 Å². The van der Waals surface area contributed by atoms with E-state index in [0.717, 1.165) is 27.9 Å². The van der Waals surface area contributed by atoms with Crippen LogP contribution in [0.5, 0.6) is 5.75 Å². The summed E-state index contributed by atoms with van der Waals surface area (Å²) in [6.07, 6.45) is 0.973. The number of anilines is 1. The summed E-state index contributed by atoms with van der Waals surface area (Å²) in [6, 6.07) is 13.0. The average Bonchev–Trinajstić information content (AvgIpc) is 2.45. The molecule has 1 N–H and O–H groups in total. The number of hydrogen-bond donors (Lipinski definition) is 1. The van der Waals surface area contributed by atoms with Crippen LogP contribution in [0.15, 0.2) is 46.9 Å². The van der Waals surface area contributed by atoms with Gasteiger partial charge in [0.25, 0.3) is 5.91 Å². The van der Waals surface area contributed by atoms with Crippen molar-refractivity contribution in [3.05, 3.63) is 58.1 Å². The van der Waals surface area contributed by atoms with Crippen molar-refractivity contribution < 1.29 is 9.53 Å². The van der Waals surface area contributed by atoms with Crippen LogP contribution in [-0.4, -0.2) is 12.5 Å². The second kappa shape index (κ2) is 7.27. The second-order valence-corrected chi connectivity index (χ2v) is 5.76. The zero-order chi connectivity index (χ0) is 15.2. The third kappa shape index (κ3) is 4.60. The predicted octanol–water partition coefficient (Wildman–Crippen LogP) is 4.80. The maximum absolute atomic E-state index is 12.2. The Balaban J connectivity index is 2.05. The molecule has 0 atom stereocenters. The third-order valence-electron chi connectivity index (χ3n) is 2.89. The monoisotopic (exact) mass is 347 g/mol. The lowest BCUT2D eigenvalue weighted by Crippen LogP contribution is -2.12. The molecule has 0 saturated carbocycles. The summed E-state index contributed by atoms with van der Waals surface area (Å²) < 4.78 is 6.41. The fourth-order valence-corrected chi connectivity index (χ4v) is 2.53. The largest absolute Gasteiger partial charge is 0.494 e. The predicted molar refractivity (Wildman–Crippen MR) is 89.1 cm³/mol. The highest BCUT2D eigenvalue weighted by molar-refractivity contribution is 9.10. The van der Waals surface area contributed by atoms with E-state index in [-0.39, 0.29) is 5.91 Å². The summed E-state index contributed by atoms with van der Waals surface area (Å²) in [5.41, 5.74) is 2.42. The minimum Gasteiger partial charge on any atom is -0.494 e. The molecule has 0 aliphatic heterocycles. The zero-order valence-corrected chi connectivity index (χ0v) is 13.7. The van der Waals surface area contributed by atoms with E-state index in [1.165, 1.54) is 0 Å². The molecule has 21 heavy (non-hydrogen) atoms. The number of carbonyl (C=O) groups is 1. The minimum absolute atomic E-state index is 0.123. The van der Waals surface area contributed by atoms with Crippen molar-refractivity contribution in [2.75, 3.05) is 11.9 Å². The molecule has 2 rings (SSSR count). The maximum Gasteiger partial charge on any atom is 0.255 e. The van der Waals surface area contributed by atoms with E-state index in [1.54, 1.807) is 6.07 Å². The number of aryl methyl sites for hydroxylation is 1. The summed E-state index contributed by atoms with van der Waals surface area (Å²) in [5, 5.41) is 2.88. The molecule has 0 bridgehead atoms. The first-order chi connectivity index (χ1) is 10.1. The molecule has 0 aromatic heterocycles. The molecule has 4 heteroatoms. The van der Waals surface area contributed by atoms with Gasteiger partial charge in [-0.3, -0.25) is 4.79 Å². The number of halogens is 1. The molecule has 0 heterocycles. The van der Waals surface area contributed by atoms with E-state index in [4.69, 9.17) is 4.74 Å². The van der Waals surface area contributed by atoms with Gasteiger partial charge in [-0.25, -0.2) is 0 Å². The Morgan fingerprint density at radius 1 is 1.19 bits per heavy atom. The van der Waals surface area contributed by atoms with E-state index in [9.17, 15) is 4.79 Å². The zero-order valence-electron chi connectivity index (χ0n) is 12.2. The molecule has 0 unspecified atom stereocenters. The fraction of sp³-hybridized carbons (Fsp3) is 0.235. The van der Waals surface area contributed by atoms with Crippen LogP contribution in [0.3, 0.4) is 0 Å². The summed E-state index contributed by atoms with van der Waals surface area (Å²) in [5.74, 6) is 0.690. The second-order valence-electron chi connectivity index (χ2n) is 4.84. The van der Waals surface area contributed by atoms with E-state index in [1.807, 2.05) is 43.3 Å². The van der Waals surface area contributed by atoms with Gasteiger partial charge in [-0.2, -0.15) is 0 Å². The molecule has 0 spiro atoms. The van der Waals surface area contributed by atoms with Gasteiger partial charge >= 0.3 is 0 Å². The number of nitrogens with one attached hydrogen (secondary N) is 1. The smallest absolute Gasteiger partial charge is 0.255 e. The van der Waals surface area contributed by atoms with Crippen molar-refractivity contribution in [1.82, 2.24) is 0 Å². The van der Waals surface area contributed by atoms with Crippen LogP contribution in [0.1, 0.15) is 29.3 Å². The summed E-state index contributed by atoms with van der Waals surface area (Å²) in [7, 11) is 0. The van der Waals surface area contributed by atoms with Crippen LogP contribution in [0, 0.1) is 6.92 Å². The lowest BCUT2D eigenvalue weighted by atomic mass is 10.1. The fourth-order valence-electron chi connectivity index (χ4n) is 1.93. The Hall–Kier alpha value is -1.81. The number of rotatable bonds is 5. The standard InChI is InChI=1S/C17H18BrNO2/c1-3-8-21-16-6-4-15(5-7-16)19-17(20)13-9-12(2)10-14(18)11-13/h4-7,9-11H,3,8H2,1-2H3,(H,19,20). The van der Waals surface area contributed by atoms with Crippen LogP contribution < -0.4 is 10.1 Å². The highest BCUT2D eigenvalue weighted by Crippen LogP contribution is 2.19. The number of ether oxygens (including phenoxy) is 1. The van der Waals surface area contributed by atoms with Gasteiger partial charge in [-0.05, 0) is 61.4 Å². The molecule has 2 aromatic rings. The van der Waals surface area contributed by atoms with Gasteiger partial charge in [-0.1, -0.05) is 22.9 Å². The van der Waals surface area contributed by atoms with Gasteiger partial charge in [0, 0.05) is 15.7 Å². The van der Waals surface area contributed by atoms with Crippen molar-refractivity contribution in [2.45, 2.75) is 20.3 Å². The molecular formula is C17H18BrNO2. The van der Waals surface area contributed by atoms with Gasteiger partial charge in [0.05, 0.1) is 6.61 Å². The topological polar surface area (TPSA) is 38.3 Å².